The van der Waals surface area contributed by atoms with Crippen LogP contribution in [0.4, 0.5) is 5.69 Å². The van der Waals surface area contributed by atoms with Gasteiger partial charge in [-0.15, -0.1) is 0 Å². The first kappa shape index (κ1) is 12.4. The summed E-state index contributed by atoms with van der Waals surface area (Å²) in [7, 11) is 0. The molecule has 0 saturated carbocycles. The van der Waals surface area contributed by atoms with Crippen LogP contribution in [0.3, 0.4) is 0 Å². The summed E-state index contributed by atoms with van der Waals surface area (Å²) >= 11 is 17.7. The monoisotopic (exact) mass is 313 g/mol. The largest absolute Gasteiger partial charge is 0.449 e. The Labute approximate surface area is 123 Å². The number of ether oxygens (including phenoxy) is 2. The minimum Gasteiger partial charge on any atom is -0.449 e. The van der Waals surface area contributed by atoms with Crippen LogP contribution in [0.15, 0.2) is 24.3 Å². The third-order valence-electron chi connectivity index (χ3n) is 2.53. The highest BCUT2D eigenvalue weighted by Crippen LogP contribution is 2.52. The van der Waals surface area contributed by atoms with Crippen LogP contribution >= 0.6 is 34.8 Å². The van der Waals surface area contributed by atoms with E-state index in [1.807, 2.05) is 0 Å². The van der Waals surface area contributed by atoms with Gasteiger partial charge in [-0.1, -0.05) is 34.8 Å². The molecule has 2 aromatic carbocycles. The molecule has 0 radical (unpaired) electrons. The lowest BCUT2D eigenvalue weighted by Crippen LogP contribution is -1.99. The number of halogens is 3. The predicted octanol–water partition coefficient (Wildman–Crippen LogP) is 6.03. The summed E-state index contributed by atoms with van der Waals surface area (Å²) in [6.07, 6.45) is 0. The van der Waals surface area contributed by atoms with E-state index in [9.17, 15) is 0 Å². The average molecular weight is 315 g/mol. The second-order valence-electron chi connectivity index (χ2n) is 3.77. The molecular formula is C12H4Cl3N2O2+. The zero-order chi connectivity index (χ0) is 13.6. The predicted molar refractivity (Wildman–Crippen MR) is 72.8 cm³/mol. The lowest BCUT2D eigenvalue weighted by molar-refractivity contribution is 0.361. The normalized spacial score (nSPS) is 11.7. The van der Waals surface area contributed by atoms with Gasteiger partial charge in [-0.3, -0.25) is 0 Å². The van der Waals surface area contributed by atoms with Crippen molar-refractivity contribution in [2.45, 2.75) is 0 Å². The molecule has 7 heteroatoms. The standard InChI is InChI=1S/C12H4Cl3N2O2/c13-5-1-8(17-16)12-11(2-5)18-9-3-6(14)7(15)4-10(9)19-12/h1-4H/q+1. The van der Waals surface area contributed by atoms with Gasteiger partial charge in [0.1, 0.15) is 0 Å². The highest BCUT2D eigenvalue weighted by atomic mass is 35.5. The van der Waals surface area contributed by atoms with E-state index in [2.05, 4.69) is 4.98 Å². The minimum atomic E-state index is 0.166. The van der Waals surface area contributed by atoms with Crippen LogP contribution < -0.4 is 9.47 Å². The Kier molecular flexibility index (Phi) is 2.90. The van der Waals surface area contributed by atoms with Crippen LogP contribution in [0.5, 0.6) is 23.0 Å². The van der Waals surface area contributed by atoms with E-state index < -0.39 is 0 Å². The molecule has 1 aliphatic rings. The molecule has 4 nitrogen and oxygen atoms in total. The Bertz CT molecular complexity index is 741. The van der Waals surface area contributed by atoms with E-state index >= 15 is 0 Å². The SMILES string of the molecule is N#[N+]c1cc(Cl)cc2c1Oc1cc(Cl)c(Cl)cc1O2. The van der Waals surface area contributed by atoms with Crippen molar-refractivity contribution >= 4 is 40.5 Å². The molecule has 0 fully saturated rings. The summed E-state index contributed by atoms with van der Waals surface area (Å²) in [5.74, 6) is 1.39. The van der Waals surface area contributed by atoms with Gasteiger partial charge in [-0.25, -0.2) is 0 Å². The molecule has 94 valence electrons. The summed E-state index contributed by atoms with van der Waals surface area (Å²) in [6, 6.07) is 6.07. The summed E-state index contributed by atoms with van der Waals surface area (Å²) in [5.41, 5.74) is 0.166. The Morgan fingerprint density at radius 1 is 0.842 bits per heavy atom. The van der Waals surface area contributed by atoms with Crippen molar-refractivity contribution in [3.05, 3.63) is 44.3 Å². The van der Waals surface area contributed by atoms with E-state index in [1.54, 1.807) is 12.1 Å². The molecule has 1 heterocycles. The Morgan fingerprint density at radius 3 is 2.11 bits per heavy atom. The van der Waals surface area contributed by atoms with Crippen molar-refractivity contribution in [2.75, 3.05) is 0 Å². The first-order valence-corrected chi connectivity index (χ1v) is 6.25. The minimum absolute atomic E-state index is 0.166. The van der Waals surface area contributed by atoms with Crippen molar-refractivity contribution in [3.8, 4) is 23.0 Å². The van der Waals surface area contributed by atoms with Crippen LogP contribution in [-0.4, -0.2) is 0 Å². The maximum Gasteiger partial charge on any atom is 0.432 e. The van der Waals surface area contributed by atoms with Crippen LogP contribution in [0.2, 0.25) is 15.1 Å². The molecular weight excluding hydrogens is 311 g/mol. The van der Waals surface area contributed by atoms with Crippen LogP contribution in [0.1, 0.15) is 0 Å². The van der Waals surface area contributed by atoms with Gasteiger partial charge < -0.3 is 9.47 Å². The second-order valence-corrected chi connectivity index (χ2v) is 5.02. The average Bonchev–Trinajstić information content (AvgIpc) is 2.37. The van der Waals surface area contributed by atoms with Crippen molar-refractivity contribution in [1.82, 2.24) is 0 Å². The Morgan fingerprint density at radius 2 is 1.47 bits per heavy atom. The van der Waals surface area contributed by atoms with Crippen LogP contribution in [-0.2, 0) is 0 Å². The fraction of sp³-hybridized carbons (Fsp3) is 0. The van der Waals surface area contributed by atoms with E-state index in [4.69, 9.17) is 49.7 Å². The van der Waals surface area contributed by atoms with Gasteiger partial charge in [0.15, 0.2) is 22.2 Å². The van der Waals surface area contributed by atoms with Crippen LogP contribution in [0, 0.1) is 5.39 Å². The van der Waals surface area contributed by atoms with Crippen molar-refractivity contribution in [1.29, 1.82) is 5.39 Å². The summed E-state index contributed by atoms with van der Waals surface area (Å²) in [6.45, 7) is 0. The van der Waals surface area contributed by atoms with Crippen LogP contribution in [0.25, 0.3) is 4.98 Å². The summed E-state index contributed by atoms with van der Waals surface area (Å²) < 4.78 is 11.2. The van der Waals surface area contributed by atoms with Crippen molar-refractivity contribution < 1.29 is 9.47 Å². The van der Waals surface area contributed by atoms with E-state index in [0.717, 1.165) is 0 Å². The number of diazo groups is 1. The van der Waals surface area contributed by atoms with Gasteiger partial charge in [0.05, 0.1) is 21.1 Å². The number of benzene rings is 2. The zero-order valence-corrected chi connectivity index (χ0v) is 11.4. The Hall–Kier alpha value is -1.67. The van der Waals surface area contributed by atoms with Gasteiger partial charge in [-0.05, 0) is 0 Å². The second kappa shape index (κ2) is 4.46. The number of hydrogen-bond donors (Lipinski definition) is 0. The third-order valence-corrected chi connectivity index (χ3v) is 3.47. The fourth-order valence-corrected chi connectivity index (χ4v) is 2.22. The lowest BCUT2D eigenvalue weighted by atomic mass is 10.2. The summed E-state index contributed by atoms with van der Waals surface area (Å²) in [5, 5.41) is 9.99. The molecule has 0 N–H and O–H groups in total. The molecule has 2 aromatic rings. The van der Waals surface area contributed by atoms with Crippen molar-refractivity contribution in [3.63, 3.8) is 0 Å². The molecule has 19 heavy (non-hydrogen) atoms. The van der Waals surface area contributed by atoms with Gasteiger partial charge in [0.25, 0.3) is 5.75 Å². The zero-order valence-electron chi connectivity index (χ0n) is 9.15. The molecule has 0 bridgehead atoms. The van der Waals surface area contributed by atoms with Gasteiger partial charge in [-0.2, -0.15) is 0 Å². The number of rotatable bonds is 0. The molecule has 0 amide bonds. The number of hydrogen-bond acceptors (Lipinski definition) is 3. The topological polar surface area (TPSA) is 46.6 Å². The fourth-order valence-electron chi connectivity index (χ4n) is 1.71. The highest BCUT2D eigenvalue weighted by Gasteiger charge is 2.29. The molecule has 0 spiro atoms. The molecule has 1 aliphatic heterocycles. The molecule has 0 atom stereocenters. The van der Waals surface area contributed by atoms with E-state index in [-0.39, 0.29) is 11.4 Å². The maximum absolute atomic E-state index is 8.95. The quantitative estimate of drug-likeness (QED) is 0.476. The Balaban J connectivity index is 2.17. The van der Waals surface area contributed by atoms with Crippen molar-refractivity contribution in [2.24, 2.45) is 0 Å². The van der Waals surface area contributed by atoms with Gasteiger partial charge in [0.2, 0.25) is 5.39 Å². The van der Waals surface area contributed by atoms with E-state index in [0.29, 0.717) is 32.3 Å². The summed E-state index contributed by atoms with van der Waals surface area (Å²) in [4.78, 5) is 3.11. The maximum atomic E-state index is 8.95. The molecule has 0 aliphatic carbocycles. The number of fused-ring (bicyclic) bond motifs is 2. The lowest BCUT2D eigenvalue weighted by Gasteiger charge is -2.19. The molecule has 0 unspecified atom stereocenters. The first-order valence-electron chi connectivity index (χ1n) is 5.12. The highest BCUT2D eigenvalue weighted by molar-refractivity contribution is 6.42. The third kappa shape index (κ3) is 2.06. The van der Waals surface area contributed by atoms with E-state index in [1.165, 1.54) is 12.1 Å². The smallest absolute Gasteiger partial charge is 0.432 e. The molecule has 0 saturated heterocycles. The first-order chi connectivity index (χ1) is 9.08. The molecule has 0 aromatic heterocycles. The molecule has 3 rings (SSSR count). The number of nitrogens with zero attached hydrogens (tertiary/aromatic N) is 2. The van der Waals surface area contributed by atoms with Gasteiger partial charge >= 0.3 is 5.69 Å². The van der Waals surface area contributed by atoms with Gasteiger partial charge in [0, 0.05) is 18.2 Å².